The standard InChI is InChI=1S/C27H30ClN3O2/c1-17-11-18(2)13-20(12-17)23-16-31-25-15-24(28)19(6-7-26(29)32)14-22(25)27(23)33-10-8-21-5-3-4-9-30-21/h6-7,11-16,21,30H,3-5,8-10H2,1-2H3,(H2,29,32)/t21-/m1/s1. The number of aryl methyl sites for hydroxylation is 2. The Morgan fingerprint density at radius 1 is 1.21 bits per heavy atom. The van der Waals surface area contributed by atoms with Crippen LogP contribution in [-0.2, 0) is 4.79 Å². The third-order valence-corrected chi connectivity index (χ3v) is 6.35. The largest absolute Gasteiger partial charge is 0.492 e. The minimum atomic E-state index is -0.523. The van der Waals surface area contributed by atoms with Crippen LogP contribution in [0.2, 0.25) is 5.02 Å². The molecule has 1 aliphatic heterocycles. The van der Waals surface area contributed by atoms with E-state index in [-0.39, 0.29) is 0 Å². The zero-order chi connectivity index (χ0) is 23.4. The summed E-state index contributed by atoms with van der Waals surface area (Å²) in [6, 6.07) is 10.7. The molecular weight excluding hydrogens is 434 g/mol. The van der Waals surface area contributed by atoms with E-state index in [9.17, 15) is 4.79 Å². The summed E-state index contributed by atoms with van der Waals surface area (Å²) in [4.78, 5) is 15.9. The summed E-state index contributed by atoms with van der Waals surface area (Å²) in [5.74, 6) is 0.260. The molecule has 0 unspecified atom stereocenters. The van der Waals surface area contributed by atoms with Crippen molar-refractivity contribution in [3.8, 4) is 16.9 Å². The van der Waals surface area contributed by atoms with Crippen LogP contribution < -0.4 is 15.8 Å². The number of nitrogens with one attached hydrogen (secondary N) is 1. The van der Waals surface area contributed by atoms with E-state index in [2.05, 4.69) is 42.3 Å². The molecule has 0 saturated carbocycles. The molecule has 3 aromatic rings. The Morgan fingerprint density at radius 3 is 2.70 bits per heavy atom. The molecule has 0 spiro atoms. The topological polar surface area (TPSA) is 77.2 Å². The number of ether oxygens (including phenoxy) is 1. The van der Waals surface area contributed by atoms with Crippen molar-refractivity contribution in [2.75, 3.05) is 13.2 Å². The van der Waals surface area contributed by atoms with E-state index in [0.29, 0.717) is 23.2 Å². The van der Waals surface area contributed by atoms with Crippen LogP contribution in [0.4, 0.5) is 0 Å². The van der Waals surface area contributed by atoms with Crippen LogP contribution in [0.25, 0.3) is 28.1 Å². The summed E-state index contributed by atoms with van der Waals surface area (Å²) in [7, 11) is 0. The van der Waals surface area contributed by atoms with E-state index in [1.54, 1.807) is 12.1 Å². The molecule has 3 N–H and O–H groups in total. The van der Waals surface area contributed by atoms with Crippen molar-refractivity contribution in [1.82, 2.24) is 10.3 Å². The Hall–Kier alpha value is -2.89. The Balaban J connectivity index is 1.78. The van der Waals surface area contributed by atoms with Crippen molar-refractivity contribution in [3.05, 3.63) is 64.3 Å². The molecule has 1 saturated heterocycles. The van der Waals surface area contributed by atoms with E-state index in [1.807, 2.05) is 12.3 Å². The van der Waals surface area contributed by atoms with Crippen LogP contribution in [0, 0.1) is 13.8 Å². The van der Waals surface area contributed by atoms with Gasteiger partial charge in [0.1, 0.15) is 5.75 Å². The van der Waals surface area contributed by atoms with Crippen LogP contribution in [0.1, 0.15) is 42.4 Å². The van der Waals surface area contributed by atoms with Gasteiger partial charge in [-0.15, -0.1) is 0 Å². The molecule has 2 heterocycles. The number of rotatable bonds is 7. The molecule has 33 heavy (non-hydrogen) atoms. The number of carbonyl (C=O) groups is 1. The van der Waals surface area contributed by atoms with Gasteiger partial charge in [-0.25, -0.2) is 0 Å². The zero-order valence-electron chi connectivity index (χ0n) is 19.2. The van der Waals surface area contributed by atoms with E-state index < -0.39 is 5.91 Å². The summed E-state index contributed by atoms with van der Waals surface area (Å²) >= 11 is 6.45. The van der Waals surface area contributed by atoms with Crippen LogP contribution in [0.15, 0.2) is 42.6 Å². The highest BCUT2D eigenvalue weighted by molar-refractivity contribution is 6.33. The second kappa shape index (κ2) is 10.4. The quantitative estimate of drug-likeness (QED) is 0.448. The number of aromatic nitrogens is 1. The number of nitrogens with two attached hydrogens (primary N) is 1. The van der Waals surface area contributed by atoms with Crippen molar-refractivity contribution >= 4 is 34.5 Å². The summed E-state index contributed by atoms with van der Waals surface area (Å²) in [6.07, 6.45) is 9.43. The normalized spacial score (nSPS) is 16.4. The predicted molar refractivity (Wildman–Crippen MR) is 136 cm³/mol. The molecule has 1 atom stereocenters. The fourth-order valence-electron chi connectivity index (χ4n) is 4.47. The minimum absolute atomic E-state index is 0.486. The van der Waals surface area contributed by atoms with Gasteiger partial charge < -0.3 is 15.8 Å². The van der Waals surface area contributed by atoms with Gasteiger partial charge >= 0.3 is 0 Å². The van der Waals surface area contributed by atoms with Crippen molar-refractivity contribution < 1.29 is 9.53 Å². The Kier molecular flexibility index (Phi) is 7.31. The first kappa shape index (κ1) is 23.3. The Bertz CT molecular complexity index is 1180. The molecule has 1 amide bonds. The lowest BCUT2D eigenvalue weighted by Gasteiger charge is -2.24. The molecule has 1 aromatic heterocycles. The number of primary amides is 1. The summed E-state index contributed by atoms with van der Waals surface area (Å²) < 4.78 is 6.47. The number of halogens is 1. The number of pyridine rings is 1. The zero-order valence-corrected chi connectivity index (χ0v) is 19.9. The van der Waals surface area contributed by atoms with Gasteiger partial charge in [0.25, 0.3) is 0 Å². The van der Waals surface area contributed by atoms with E-state index in [0.717, 1.165) is 40.7 Å². The molecule has 5 nitrogen and oxygen atoms in total. The molecule has 0 bridgehead atoms. The maximum absolute atomic E-state index is 11.3. The van der Waals surface area contributed by atoms with Gasteiger partial charge in [-0.05, 0) is 69.0 Å². The fourth-order valence-corrected chi connectivity index (χ4v) is 4.69. The smallest absolute Gasteiger partial charge is 0.241 e. The Labute approximate surface area is 200 Å². The van der Waals surface area contributed by atoms with Gasteiger partial charge in [0.05, 0.1) is 12.1 Å². The predicted octanol–water partition coefficient (Wildman–Crippen LogP) is 5.58. The summed E-state index contributed by atoms with van der Waals surface area (Å²) in [5, 5.41) is 4.95. The number of nitrogens with zero attached hydrogens (tertiary/aromatic N) is 1. The molecular formula is C27H30ClN3O2. The summed E-state index contributed by atoms with van der Waals surface area (Å²) in [6.45, 7) is 5.86. The molecule has 1 aliphatic rings. The lowest BCUT2D eigenvalue weighted by molar-refractivity contribution is -0.113. The van der Waals surface area contributed by atoms with Gasteiger partial charge in [0.2, 0.25) is 5.91 Å². The van der Waals surface area contributed by atoms with E-state index in [1.165, 1.54) is 36.5 Å². The van der Waals surface area contributed by atoms with Crippen LogP contribution in [0.5, 0.6) is 5.75 Å². The first-order valence-corrected chi connectivity index (χ1v) is 11.8. The highest BCUT2D eigenvalue weighted by Crippen LogP contribution is 2.38. The highest BCUT2D eigenvalue weighted by atomic mass is 35.5. The fraction of sp³-hybridized carbons (Fsp3) is 0.333. The number of fused-ring (bicyclic) bond motifs is 1. The highest BCUT2D eigenvalue weighted by Gasteiger charge is 2.17. The molecule has 0 radical (unpaired) electrons. The number of piperidine rings is 1. The maximum Gasteiger partial charge on any atom is 0.241 e. The summed E-state index contributed by atoms with van der Waals surface area (Å²) in [5.41, 5.74) is 11.1. The van der Waals surface area contributed by atoms with Crippen LogP contribution >= 0.6 is 11.6 Å². The van der Waals surface area contributed by atoms with Crippen molar-refractivity contribution in [1.29, 1.82) is 0 Å². The number of amides is 1. The van der Waals surface area contributed by atoms with Gasteiger partial charge in [0.15, 0.2) is 0 Å². The number of benzene rings is 2. The average Bonchev–Trinajstić information content (AvgIpc) is 2.77. The van der Waals surface area contributed by atoms with Crippen molar-refractivity contribution in [3.63, 3.8) is 0 Å². The van der Waals surface area contributed by atoms with Gasteiger partial charge in [0, 0.05) is 34.3 Å². The van der Waals surface area contributed by atoms with Crippen molar-refractivity contribution in [2.45, 2.75) is 45.6 Å². The molecule has 1 fully saturated rings. The number of carbonyl (C=O) groups excluding carboxylic acids is 1. The monoisotopic (exact) mass is 463 g/mol. The first-order chi connectivity index (χ1) is 15.9. The molecule has 4 rings (SSSR count). The lowest BCUT2D eigenvalue weighted by Crippen LogP contribution is -2.35. The molecule has 6 heteroatoms. The molecule has 172 valence electrons. The third kappa shape index (κ3) is 5.73. The SMILES string of the molecule is Cc1cc(C)cc(-c2cnc3cc(Cl)c(C=CC(N)=O)cc3c2OCC[C@H]2CCCCN2)c1. The van der Waals surface area contributed by atoms with E-state index >= 15 is 0 Å². The second-order valence-corrected chi connectivity index (χ2v) is 9.20. The number of hydrogen-bond acceptors (Lipinski definition) is 4. The van der Waals surface area contributed by atoms with Crippen LogP contribution in [-0.4, -0.2) is 30.1 Å². The lowest BCUT2D eigenvalue weighted by atomic mass is 9.98. The second-order valence-electron chi connectivity index (χ2n) is 8.79. The maximum atomic E-state index is 11.3. The van der Waals surface area contributed by atoms with Crippen LogP contribution in [0.3, 0.4) is 0 Å². The third-order valence-electron chi connectivity index (χ3n) is 6.02. The molecule has 0 aliphatic carbocycles. The average molecular weight is 464 g/mol. The van der Waals surface area contributed by atoms with Gasteiger partial charge in [-0.3, -0.25) is 9.78 Å². The van der Waals surface area contributed by atoms with Gasteiger partial charge in [-0.1, -0.05) is 47.3 Å². The van der Waals surface area contributed by atoms with Gasteiger partial charge in [-0.2, -0.15) is 0 Å². The first-order valence-electron chi connectivity index (χ1n) is 11.5. The molecule has 2 aromatic carbocycles. The minimum Gasteiger partial charge on any atom is -0.492 e. The Morgan fingerprint density at radius 2 is 2.00 bits per heavy atom. The van der Waals surface area contributed by atoms with Crippen molar-refractivity contribution in [2.24, 2.45) is 5.73 Å². The van der Waals surface area contributed by atoms with E-state index in [4.69, 9.17) is 22.1 Å². The number of hydrogen-bond donors (Lipinski definition) is 2.